The van der Waals surface area contributed by atoms with Gasteiger partial charge in [0.1, 0.15) is 0 Å². The fraction of sp³-hybridized carbons (Fsp3) is 0.438. The van der Waals surface area contributed by atoms with Gasteiger partial charge in [0.25, 0.3) is 5.91 Å². The predicted octanol–water partition coefficient (Wildman–Crippen LogP) is 3.19. The molecule has 1 amide bonds. The van der Waals surface area contributed by atoms with Gasteiger partial charge >= 0.3 is 0 Å². The Labute approximate surface area is 113 Å². The summed E-state index contributed by atoms with van der Waals surface area (Å²) in [5, 5.41) is 1.14. The maximum Gasteiger partial charge on any atom is 0.255 e. The number of amides is 1. The van der Waals surface area contributed by atoms with E-state index < -0.39 is 0 Å². The van der Waals surface area contributed by atoms with Gasteiger partial charge in [0.15, 0.2) is 0 Å². The van der Waals surface area contributed by atoms with Crippen LogP contribution in [0.1, 0.15) is 36.0 Å². The zero-order chi connectivity index (χ0) is 13.2. The van der Waals surface area contributed by atoms with Crippen LogP contribution >= 0.6 is 0 Å². The Bertz CT molecular complexity index is 592. The van der Waals surface area contributed by atoms with Crippen molar-refractivity contribution < 1.29 is 4.79 Å². The Balaban J connectivity index is 1.98. The first-order chi connectivity index (χ1) is 9.27. The number of hydrogen-bond donors (Lipinski definition) is 0. The summed E-state index contributed by atoms with van der Waals surface area (Å²) in [7, 11) is 2.00. The maximum atomic E-state index is 12.7. The average molecular weight is 256 g/mol. The van der Waals surface area contributed by atoms with Crippen LogP contribution in [-0.4, -0.2) is 28.5 Å². The third-order valence-electron chi connectivity index (χ3n) is 4.02. The minimum atomic E-state index is 0.189. The van der Waals surface area contributed by atoms with Gasteiger partial charge in [-0.05, 0) is 25.0 Å². The predicted molar refractivity (Wildman–Crippen MR) is 77.3 cm³/mol. The molecule has 3 rings (SSSR count). The highest BCUT2D eigenvalue weighted by atomic mass is 16.2. The van der Waals surface area contributed by atoms with E-state index in [1.807, 2.05) is 34.8 Å². The molecule has 100 valence electrons. The zero-order valence-corrected chi connectivity index (χ0v) is 11.4. The van der Waals surface area contributed by atoms with Gasteiger partial charge in [-0.3, -0.25) is 4.79 Å². The van der Waals surface area contributed by atoms with Gasteiger partial charge in [-0.25, -0.2) is 0 Å². The van der Waals surface area contributed by atoms with E-state index in [4.69, 9.17) is 0 Å². The number of hydrogen-bond acceptors (Lipinski definition) is 1. The van der Waals surface area contributed by atoms with Crippen molar-refractivity contribution in [2.75, 3.05) is 13.1 Å². The minimum Gasteiger partial charge on any atom is -0.350 e. The van der Waals surface area contributed by atoms with E-state index in [9.17, 15) is 4.79 Å². The first-order valence-corrected chi connectivity index (χ1v) is 7.11. The van der Waals surface area contributed by atoms with Crippen LogP contribution in [0.15, 0.2) is 30.5 Å². The van der Waals surface area contributed by atoms with Crippen LogP contribution in [0.25, 0.3) is 10.9 Å². The molecule has 3 heteroatoms. The number of benzene rings is 1. The lowest BCUT2D eigenvalue weighted by molar-refractivity contribution is 0.0763. The van der Waals surface area contributed by atoms with Crippen molar-refractivity contribution in [3.63, 3.8) is 0 Å². The summed E-state index contributed by atoms with van der Waals surface area (Å²) in [6, 6.07) is 8.06. The smallest absolute Gasteiger partial charge is 0.255 e. The van der Waals surface area contributed by atoms with Gasteiger partial charge in [-0.2, -0.15) is 0 Å². The summed E-state index contributed by atoms with van der Waals surface area (Å²) < 4.78 is 2.04. The van der Waals surface area contributed by atoms with Crippen molar-refractivity contribution >= 4 is 16.8 Å². The topological polar surface area (TPSA) is 25.2 Å². The molecule has 19 heavy (non-hydrogen) atoms. The van der Waals surface area contributed by atoms with Gasteiger partial charge in [0.2, 0.25) is 0 Å². The minimum absolute atomic E-state index is 0.189. The Kier molecular flexibility index (Phi) is 3.28. The summed E-state index contributed by atoms with van der Waals surface area (Å²) >= 11 is 0. The third kappa shape index (κ3) is 2.25. The largest absolute Gasteiger partial charge is 0.350 e. The van der Waals surface area contributed by atoms with Crippen LogP contribution in [0.4, 0.5) is 0 Å². The lowest BCUT2D eigenvalue weighted by Gasteiger charge is -2.21. The SMILES string of the molecule is Cn1ccc2cccc(C(=O)N3CCCCCC3)c21. The fourth-order valence-corrected chi connectivity index (χ4v) is 2.97. The van der Waals surface area contributed by atoms with E-state index in [2.05, 4.69) is 12.1 Å². The number of carbonyl (C=O) groups is 1. The van der Waals surface area contributed by atoms with E-state index in [1.54, 1.807) is 0 Å². The molecule has 1 aliphatic heterocycles. The molecule has 1 aliphatic rings. The van der Waals surface area contributed by atoms with Gasteiger partial charge in [-0.15, -0.1) is 0 Å². The second kappa shape index (κ2) is 5.08. The molecule has 0 spiro atoms. The molecule has 0 unspecified atom stereocenters. The van der Waals surface area contributed by atoms with Crippen molar-refractivity contribution in [3.8, 4) is 0 Å². The van der Waals surface area contributed by atoms with Crippen LogP contribution in [0, 0.1) is 0 Å². The summed E-state index contributed by atoms with van der Waals surface area (Å²) in [6.45, 7) is 1.80. The maximum absolute atomic E-state index is 12.7. The molecule has 0 bridgehead atoms. The molecule has 1 fully saturated rings. The molecular formula is C16H20N2O. The van der Waals surface area contributed by atoms with E-state index in [1.165, 1.54) is 12.8 Å². The van der Waals surface area contributed by atoms with Gasteiger partial charge in [0, 0.05) is 31.7 Å². The number of likely N-dealkylation sites (tertiary alicyclic amines) is 1. The summed E-state index contributed by atoms with van der Waals surface area (Å²) in [5.74, 6) is 0.189. The molecule has 0 saturated carbocycles. The van der Waals surface area contributed by atoms with Crippen molar-refractivity contribution in [1.29, 1.82) is 0 Å². The van der Waals surface area contributed by atoms with Crippen molar-refractivity contribution in [3.05, 3.63) is 36.0 Å². The Morgan fingerprint density at radius 1 is 1.05 bits per heavy atom. The summed E-state index contributed by atoms with van der Waals surface area (Å²) in [4.78, 5) is 14.8. The first kappa shape index (κ1) is 12.3. The van der Waals surface area contributed by atoms with E-state index in [-0.39, 0.29) is 5.91 Å². The highest BCUT2D eigenvalue weighted by Crippen LogP contribution is 2.22. The Morgan fingerprint density at radius 3 is 2.53 bits per heavy atom. The number of fused-ring (bicyclic) bond motifs is 1. The Morgan fingerprint density at radius 2 is 1.79 bits per heavy atom. The van der Waals surface area contributed by atoms with E-state index >= 15 is 0 Å². The van der Waals surface area contributed by atoms with Crippen molar-refractivity contribution in [2.24, 2.45) is 7.05 Å². The lowest BCUT2D eigenvalue weighted by Crippen LogP contribution is -2.32. The molecule has 2 aromatic rings. The molecular weight excluding hydrogens is 236 g/mol. The molecule has 0 N–H and O–H groups in total. The number of aromatic nitrogens is 1. The average Bonchev–Trinajstić information content (AvgIpc) is 2.67. The number of rotatable bonds is 1. The summed E-state index contributed by atoms with van der Waals surface area (Å²) in [5.41, 5.74) is 1.89. The second-order valence-corrected chi connectivity index (χ2v) is 5.38. The molecule has 3 nitrogen and oxygen atoms in total. The van der Waals surface area contributed by atoms with E-state index in [0.29, 0.717) is 0 Å². The highest BCUT2D eigenvalue weighted by molar-refractivity contribution is 6.06. The molecule has 2 heterocycles. The van der Waals surface area contributed by atoms with Crippen LogP contribution < -0.4 is 0 Å². The first-order valence-electron chi connectivity index (χ1n) is 7.11. The summed E-state index contributed by atoms with van der Waals surface area (Å²) in [6.07, 6.45) is 6.78. The molecule has 1 aromatic heterocycles. The molecule has 0 atom stereocenters. The van der Waals surface area contributed by atoms with Gasteiger partial charge in [-0.1, -0.05) is 25.0 Å². The number of carbonyl (C=O) groups excluding carboxylic acids is 1. The van der Waals surface area contributed by atoms with Crippen LogP contribution in [-0.2, 0) is 7.05 Å². The van der Waals surface area contributed by atoms with E-state index in [0.717, 1.165) is 42.4 Å². The zero-order valence-electron chi connectivity index (χ0n) is 11.4. The normalized spacial score (nSPS) is 16.6. The quantitative estimate of drug-likeness (QED) is 0.769. The second-order valence-electron chi connectivity index (χ2n) is 5.38. The lowest BCUT2D eigenvalue weighted by atomic mass is 10.1. The van der Waals surface area contributed by atoms with Crippen LogP contribution in [0.2, 0.25) is 0 Å². The molecule has 1 saturated heterocycles. The molecule has 1 aromatic carbocycles. The monoisotopic (exact) mass is 256 g/mol. The van der Waals surface area contributed by atoms with Gasteiger partial charge < -0.3 is 9.47 Å². The van der Waals surface area contributed by atoms with Crippen LogP contribution in [0.5, 0.6) is 0 Å². The highest BCUT2D eigenvalue weighted by Gasteiger charge is 2.20. The Hall–Kier alpha value is -1.77. The van der Waals surface area contributed by atoms with Crippen LogP contribution in [0.3, 0.4) is 0 Å². The number of aryl methyl sites for hydroxylation is 1. The fourth-order valence-electron chi connectivity index (χ4n) is 2.97. The number of para-hydroxylation sites is 1. The van der Waals surface area contributed by atoms with Gasteiger partial charge in [0.05, 0.1) is 11.1 Å². The van der Waals surface area contributed by atoms with Crippen molar-refractivity contribution in [1.82, 2.24) is 9.47 Å². The third-order valence-corrected chi connectivity index (χ3v) is 4.02. The number of nitrogens with zero attached hydrogens (tertiary/aromatic N) is 2. The standard InChI is InChI=1S/C16H20N2O/c1-17-12-9-13-7-6-8-14(15(13)17)16(19)18-10-4-2-3-5-11-18/h6-9,12H,2-5,10-11H2,1H3. The molecule has 0 radical (unpaired) electrons. The van der Waals surface area contributed by atoms with Crippen molar-refractivity contribution in [2.45, 2.75) is 25.7 Å². The molecule has 0 aliphatic carbocycles.